The summed E-state index contributed by atoms with van der Waals surface area (Å²) in [6.07, 6.45) is 5.20. The largest absolute Gasteiger partial charge is 0.383 e. The van der Waals surface area contributed by atoms with Crippen LogP contribution in [0.1, 0.15) is 46.0 Å². The second-order valence-electron chi connectivity index (χ2n) is 5.90. The highest BCUT2D eigenvalue weighted by Crippen LogP contribution is 2.35. The molecule has 2 aliphatic heterocycles. The van der Waals surface area contributed by atoms with Crippen molar-refractivity contribution in [3.63, 3.8) is 0 Å². The number of hydrogen-bond acceptors (Lipinski definition) is 3. The molecule has 2 rings (SSSR count). The molecule has 0 N–H and O–H groups in total. The van der Waals surface area contributed by atoms with E-state index in [1.54, 1.807) is 7.11 Å². The maximum Gasteiger partial charge on any atom is 0.136 e. The SMILES string of the molecule is COCC(C(C)C)N1C2CCCC1CC(=O)C2. The smallest absolute Gasteiger partial charge is 0.136 e. The molecule has 0 aromatic carbocycles. The van der Waals surface area contributed by atoms with Crippen molar-refractivity contribution in [2.75, 3.05) is 13.7 Å². The van der Waals surface area contributed by atoms with Gasteiger partial charge in [-0.2, -0.15) is 0 Å². The van der Waals surface area contributed by atoms with Gasteiger partial charge in [0, 0.05) is 38.1 Å². The van der Waals surface area contributed by atoms with E-state index in [0.29, 0.717) is 29.8 Å². The predicted molar refractivity (Wildman–Crippen MR) is 68.0 cm³/mol. The van der Waals surface area contributed by atoms with Gasteiger partial charge in [0.1, 0.15) is 5.78 Å². The number of methoxy groups -OCH3 is 1. The summed E-state index contributed by atoms with van der Waals surface area (Å²) in [5.41, 5.74) is 0. The van der Waals surface area contributed by atoms with Crippen molar-refractivity contribution < 1.29 is 9.53 Å². The van der Waals surface area contributed by atoms with Crippen LogP contribution < -0.4 is 0 Å². The van der Waals surface area contributed by atoms with Gasteiger partial charge in [-0.15, -0.1) is 0 Å². The molecular weight excluding hydrogens is 214 g/mol. The molecule has 2 aliphatic rings. The highest BCUT2D eigenvalue weighted by molar-refractivity contribution is 5.80. The van der Waals surface area contributed by atoms with E-state index in [0.717, 1.165) is 19.4 Å². The third kappa shape index (κ3) is 2.71. The van der Waals surface area contributed by atoms with E-state index < -0.39 is 0 Å². The lowest BCUT2D eigenvalue weighted by Crippen LogP contribution is -2.59. The monoisotopic (exact) mass is 239 g/mol. The van der Waals surface area contributed by atoms with Crippen molar-refractivity contribution in [2.24, 2.45) is 5.92 Å². The van der Waals surface area contributed by atoms with Crippen molar-refractivity contribution in [1.82, 2.24) is 4.90 Å². The Balaban J connectivity index is 2.14. The molecule has 2 bridgehead atoms. The van der Waals surface area contributed by atoms with Gasteiger partial charge in [-0.05, 0) is 18.8 Å². The molecule has 0 saturated carbocycles. The van der Waals surface area contributed by atoms with E-state index >= 15 is 0 Å². The number of carbonyl (C=O) groups is 1. The molecular formula is C14H25NO2. The fourth-order valence-corrected chi connectivity index (χ4v) is 3.54. The summed E-state index contributed by atoms with van der Waals surface area (Å²) in [5, 5.41) is 0. The molecule has 0 aliphatic carbocycles. The number of ketones is 1. The van der Waals surface area contributed by atoms with Crippen LogP contribution in [0, 0.1) is 5.92 Å². The van der Waals surface area contributed by atoms with Crippen LogP contribution >= 0.6 is 0 Å². The van der Waals surface area contributed by atoms with Crippen LogP contribution in [0.25, 0.3) is 0 Å². The van der Waals surface area contributed by atoms with Gasteiger partial charge in [-0.1, -0.05) is 20.3 Å². The highest BCUT2D eigenvalue weighted by atomic mass is 16.5. The lowest BCUT2D eigenvalue weighted by molar-refractivity contribution is -0.131. The zero-order chi connectivity index (χ0) is 12.4. The Labute approximate surface area is 105 Å². The first-order valence-corrected chi connectivity index (χ1v) is 6.91. The Morgan fingerprint density at radius 3 is 2.35 bits per heavy atom. The molecule has 3 nitrogen and oxygen atoms in total. The number of ether oxygens (including phenoxy) is 1. The molecule has 2 heterocycles. The summed E-state index contributed by atoms with van der Waals surface area (Å²) in [6, 6.07) is 1.44. The van der Waals surface area contributed by atoms with E-state index in [1.807, 2.05) is 0 Å². The standard InChI is InChI=1S/C14H25NO2/c1-10(2)14(9-17-3)15-11-5-4-6-12(15)8-13(16)7-11/h10-12,14H,4-9H2,1-3H3. The van der Waals surface area contributed by atoms with Gasteiger partial charge in [0.15, 0.2) is 0 Å². The minimum atomic E-state index is 0.468. The fraction of sp³-hybridized carbons (Fsp3) is 0.929. The van der Waals surface area contributed by atoms with Crippen molar-refractivity contribution >= 4 is 5.78 Å². The number of carbonyl (C=O) groups excluding carboxylic acids is 1. The summed E-state index contributed by atoms with van der Waals surface area (Å²) in [7, 11) is 1.78. The average Bonchev–Trinajstić information content (AvgIpc) is 2.24. The Kier molecular flexibility index (Phi) is 4.21. The van der Waals surface area contributed by atoms with Crippen molar-refractivity contribution in [1.29, 1.82) is 0 Å². The Bertz CT molecular complexity index is 261. The second kappa shape index (κ2) is 5.49. The molecule has 3 atom stereocenters. The maximum atomic E-state index is 11.7. The summed E-state index contributed by atoms with van der Waals surface area (Å²) in [5.74, 6) is 1.06. The summed E-state index contributed by atoms with van der Waals surface area (Å²) in [4.78, 5) is 14.3. The Hall–Kier alpha value is -0.410. The van der Waals surface area contributed by atoms with E-state index in [4.69, 9.17) is 4.74 Å². The second-order valence-corrected chi connectivity index (χ2v) is 5.90. The number of rotatable bonds is 4. The summed E-state index contributed by atoms with van der Waals surface area (Å²) in [6.45, 7) is 5.31. The van der Waals surface area contributed by atoms with Crippen LogP contribution in [0.4, 0.5) is 0 Å². The van der Waals surface area contributed by atoms with Crippen molar-refractivity contribution in [2.45, 2.75) is 64.1 Å². The molecule has 2 saturated heterocycles. The van der Waals surface area contributed by atoms with Crippen molar-refractivity contribution in [3.8, 4) is 0 Å². The Morgan fingerprint density at radius 1 is 1.29 bits per heavy atom. The quantitative estimate of drug-likeness (QED) is 0.753. The number of fused-ring (bicyclic) bond motifs is 2. The fourth-order valence-electron chi connectivity index (χ4n) is 3.54. The molecule has 0 aromatic rings. The number of hydrogen-bond donors (Lipinski definition) is 0. The van der Waals surface area contributed by atoms with E-state index in [1.165, 1.54) is 19.3 Å². The highest BCUT2D eigenvalue weighted by Gasteiger charge is 2.41. The minimum absolute atomic E-state index is 0.468. The van der Waals surface area contributed by atoms with E-state index in [2.05, 4.69) is 18.7 Å². The van der Waals surface area contributed by atoms with E-state index in [9.17, 15) is 4.79 Å². The average molecular weight is 239 g/mol. The summed E-state index contributed by atoms with van der Waals surface area (Å²) < 4.78 is 5.38. The van der Waals surface area contributed by atoms with Gasteiger partial charge < -0.3 is 4.74 Å². The minimum Gasteiger partial charge on any atom is -0.383 e. The number of nitrogens with zero attached hydrogens (tertiary/aromatic N) is 1. The summed E-state index contributed by atoms with van der Waals surface area (Å²) >= 11 is 0. The number of Topliss-reactive ketones (excluding diaryl/α,β-unsaturated/α-hetero) is 1. The molecule has 0 spiro atoms. The third-order valence-corrected chi connectivity index (χ3v) is 4.33. The third-order valence-electron chi connectivity index (χ3n) is 4.33. The zero-order valence-electron chi connectivity index (χ0n) is 11.3. The Morgan fingerprint density at radius 2 is 1.88 bits per heavy atom. The maximum absolute atomic E-state index is 11.7. The molecule has 3 unspecified atom stereocenters. The van der Waals surface area contributed by atoms with Gasteiger partial charge in [0.25, 0.3) is 0 Å². The molecule has 0 amide bonds. The molecule has 0 aromatic heterocycles. The van der Waals surface area contributed by atoms with Crippen LogP contribution in [0.5, 0.6) is 0 Å². The van der Waals surface area contributed by atoms with Crippen LogP contribution in [-0.2, 0) is 9.53 Å². The molecule has 98 valence electrons. The van der Waals surface area contributed by atoms with Gasteiger partial charge in [0.05, 0.1) is 6.61 Å². The molecule has 0 radical (unpaired) electrons. The van der Waals surface area contributed by atoms with Crippen LogP contribution in [0.15, 0.2) is 0 Å². The van der Waals surface area contributed by atoms with Gasteiger partial charge in [0.2, 0.25) is 0 Å². The first-order valence-electron chi connectivity index (χ1n) is 6.91. The normalized spacial score (nSPS) is 31.9. The topological polar surface area (TPSA) is 29.5 Å². The molecule has 2 fully saturated rings. The predicted octanol–water partition coefficient (Wildman–Crippen LogP) is 2.24. The van der Waals surface area contributed by atoms with Gasteiger partial charge in [-0.3, -0.25) is 9.69 Å². The van der Waals surface area contributed by atoms with Crippen molar-refractivity contribution in [3.05, 3.63) is 0 Å². The molecule has 17 heavy (non-hydrogen) atoms. The lowest BCUT2D eigenvalue weighted by Gasteiger charge is -2.50. The lowest BCUT2D eigenvalue weighted by atomic mass is 9.81. The first-order chi connectivity index (χ1) is 8.13. The zero-order valence-corrected chi connectivity index (χ0v) is 11.3. The van der Waals surface area contributed by atoms with Crippen LogP contribution in [-0.4, -0.2) is 42.5 Å². The van der Waals surface area contributed by atoms with E-state index in [-0.39, 0.29) is 0 Å². The first kappa shape index (κ1) is 13.0. The number of piperidine rings is 2. The van der Waals surface area contributed by atoms with Crippen LogP contribution in [0.3, 0.4) is 0 Å². The van der Waals surface area contributed by atoms with Crippen LogP contribution in [0.2, 0.25) is 0 Å². The molecule has 3 heteroatoms. The van der Waals surface area contributed by atoms with Gasteiger partial charge >= 0.3 is 0 Å². The van der Waals surface area contributed by atoms with Gasteiger partial charge in [-0.25, -0.2) is 0 Å².